The first-order valence-electron chi connectivity index (χ1n) is 6.15. The Kier molecular flexibility index (Phi) is 5.23. The molecule has 19 heavy (non-hydrogen) atoms. The molecule has 2 atom stereocenters. The minimum atomic E-state index is -0.720. The van der Waals surface area contributed by atoms with Crippen LogP contribution in [0.3, 0.4) is 0 Å². The highest BCUT2D eigenvalue weighted by Crippen LogP contribution is 2.34. The summed E-state index contributed by atoms with van der Waals surface area (Å²) in [5, 5.41) is 14.2. The molecule has 0 saturated heterocycles. The van der Waals surface area contributed by atoms with Gasteiger partial charge < -0.3 is 10.1 Å². The van der Waals surface area contributed by atoms with Crippen LogP contribution in [0.15, 0.2) is 12.1 Å². The van der Waals surface area contributed by atoms with Crippen LogP contribution in [-0.2, 0) is 0 Å². The minimum absolute atomic E-state index is 0.0263. The van der Waals surface area contributed by atoms with E-state index in [4.69, 9.17) is 4.74 Å². The van der Waals surface area contributed by atoms with Crippen molar-refractivity contribution >= 4 is 5.69 Å². The van der Waals surface area contributed by atoms with Crippen molar-refractivity contribution in [2.24, 2.45) is 0 Å². The molecule has 1 rings (SSSR count). The molecule has 1 aromatic rings. The number of halogens is 1. The second-order valence-corrected chi connectivity index (χ2v) is 4.39. The third kappa shape index (κ3) is 3.20. The number of nitrogens with zero attached hydrogens (tertiary/aromatic N) is 1. The van der Waals surface area contributed by atoms with Crippen molar-refractivity contribution in [1.82, 2.24) is 5.32 Å². The standard InChI is InChI=1S/C13H19FN2O3/c1-5-11(15-3)8(2)9-6-13(19-4)10(14)7-12(9)16(17)18/h6-8,11,15H,5H2,1-4H3. The Balaban J connectivity index is 3.34. The molecule has 0 fully saturated rings. The lowest BCUT2D eigenvalue weighted by atomic mass is 9.90. The van der Waals surface area contributed by atoms with Crippen molar-refractivity contribution in [2.75, 3.05) is 14.2 Å². The molecule has 0 aromatic heterocycles. The van der Waals surface area contributed by atoms with Crippen LogP contribution in [0, 0.1) is 15.9 Å². The van der Waals surface area contributed by atoms with Crippen LogP contribution in [0.5, 0.6) is 5.75 Å². The molecule has 1 aromatic carbocycles. The summed E-state index contributed by atoms with van der Waals surface area (Å²) in [5.74, 6) is -0.814. The van der Waals surface area contributed by atoms with Crippen molar-refractivity contribution in [2.45, 2.75) is 32.2 Å². The van der Waals surface area contributed by atoms with Crippen LogP contribution in [0.25, 0.3) is 0 Å². The monoisotopic (exact) mass is 270 g/mol. The fraction of sp³-hybridized carbons (Fsp3) is 0.538. The van der Waals surface area contributed by atoms with E-state index in [2.05, 4.69) is 5.32 Å². The molecule has 0 spiro atoms. The van der Waals surface area contributed by atoms with Gasteiger partial charge in [-0.25, -0.2) is 4.39 Å². The number of likely N-dealkylation sites (N-methyl/N-ethyl adjacent to an activating group) is 1. The van der Waals surface area contributed by atoms with Gasteiger partial charge in [-0.3, -0.25) is 10.1 Å². The molecule has 0 bridgehead atoms. The number of nitro groups is 1. The molecule has 1 N–H and O–H groups in total. The van der Waals surface area contributed by atoms with Crippen molar-refractivity contribution in [3.05, 3.63) is 33.6 Å². The Bertz CT molecular complexity index is 461. The highest BCUT2D eigenvalue weighted by molar-refractivity contribution is 5.48. The van der Waals surface area contributed by atoms with Crippen LogP contribution >= 0.6 is 0 Å². The van der Waals surface area contributed by atoms with E-state index in [0.717, 1.165) is 12.5 Å². The highest BCUT2D eigenvalue weighted by Gasteiger charge is 2.26. The Morgan fingerprint density at radius 2 is 2.16 bits per heavy atom. The van der Waals surface area contributed by atoms with E-state index >= 15 is 0 Å². The lowest BCUT2D eigenvalue weighted by molar-refractivity contribution is -0.386. The maximum absolute atomic E-state index is 13.6. The summed E-state index contributed by atoms with van der Waals surface area (Å²) < 4.78 is 18.5. The third-order valence-corrected chi connectivity index (χ3v) is 3.40. The number of nitro benzene ring substituents is 1. The van der Waals surface area contributed by atoms with Gasteiger partial charge in [-0.05, 0) is 19.5 Å². The van der Waals surface area contributed by atoms with Crippen LogP contribution in [0.4, 0.5) is 10.1 Å². The summed E-state index contributed by atoms with van der Waals surface area (Å²) in [6.07, 6.45) is 0.814. The van der Waals surface area contributed by atoms with Gasteiger partial charge in [-0.2, -0.15) is 0 Å². The quantitative estimate of drug-likeness (QED) is 0.637. The Hall–Kier alpha value is -1.69. The van der Waals surface area contributed by atoms with Gasteiger partial charge in [-0.15, -0.1) is 0 Å². The van der Waals surface area contributed by atoms with Crippen molar-refractivity contribution < 1.29 is 14.1 Å². The molecule has 0 radical (unpaired) electrons. The van der Waals surface area contributed by atoms with E-state index in [1.54, 1.807) is 7.05 Å². The summed E-state index contributed by atoms with van der Waals surface area (Å²) in [4.78, 5) is 10.5. The summed E-state index contributed by atoms with van der Waals surface area (Å²) in [6.45, 7) is 3.87. The van der Waals surface area contributed by atoms with E-state index in [0.29, 0.717) is 5.56 Å². The average Bonchev–Trinajstić information content (AvgIpc) is 2.39. The molecule has 0 aliphatic carbocycles. The van der Waals surface area contributed by atoms with Crippen LogP contribution in [0.1, 0.15) is 31.7 Å². The van der Waals surface area contributed by atoms with Crippen molar-refractivity contribution in [1.29, 1.82) is 0 Å². The van der Waals surface area contributed by atoms with Crippen molar-refractivity contribution in [3.63, 3.8) is 0 Å². The van der Waals surface area contributed by atoms with Gasteiger partial charge in [0.15, 0.2) is 11.6 Å². The predicted octanol–water partition coefficient (Wildman–Crippen LogP) is 2.84. The maximum Gasteiger partial charge on any atom is 0.276 e. The normalized spacial score (nSPS) is 13.9. The molecular weight excluding hydrogens is 251 g/mol. The van der Waals surface area contributed by atoms with Gasteiger partial charge >= 0.3 is 0 Å². The van der Waals surface area contributed by atoms with E-state index < -0.39 is 10.7 Å². The van der Waals surface area contributed by atoms with Crippen LogP contribution < -0.4 is 10.1 Å². The number of hydrogen-bond donors (Lipinski definition) is 1. The topological polar surface area (TPSA) is 64.4 Å². The van der Waals surface area contributed by atoms with Gasteiger partial charge in [-0.1, -0.05) is 13.8 Å². The summed E-state index contributed by atoms with van der Waals surface area (Å²) in [6, 6.07) is 2.42. The minimum Gasteiger partial charge on any atom is -0.494 e. The zero-order valence-electron chi connectivity index (χ0n) is 11.6. The Labute approximate surface area is 111 Å². The second kappa shape index (κ2) is 6.47. The molecule has 5 nitrogen and oxygen atoms in total. The number of nitrogens with one attached hydrogen (secondary N) is 1. The first-order valence-corrected chi connectivity index (χ1v) is 6.15. The van der Waals surface area contributed by atoms with Gasteiger partial charge in [0.1, 0.15) is 0 Å². The fourth-order valence-electron chi connectivity index (χ4n) is 2.26. The molecule has 2 unspecified atom stereocenters. The number of rotatable bonds is 6. The van der Waals surface area contributed by atoms with Gasteiger partial charge in [0.05, 0.1) is 18.1 Å². The Morgan fingerprint density at radius 3 is 2.58 bits per heavy atom. The molecule has 0 amide bonds. The molecular formula is C13H19FN2O3. The van der Waals surface area contributed by atoms with E-state index in [9.17, 15) is 14.5 Å². The number of benzene rings is 1. The van der Waals surface area contributed by atoms with E-state index in [1.807, 2.05) is 13.8 Å². The first kappa shape index (κ1) is 15.4. The molecule has 0 saturated carbocycles. The van der Waals surface area contributed by atoms with Gasteiger partial charge in [0.2, 0.25) is 0 Å². The van der Waals surface area contributed by atoms with Crippen LogP contribution in [0.2, 0.25) is 0 Å². The third-order valence-electron chi connectivity index (χ3n) is 3.40. The molecule has 106 valence electrons. The molecule has 0 aliphatic heterocycles. The second-order valence-electron chi connectivity index (χ2n) is 4.39. The predicted molar refractivity (Wildman–Crippen MR) is 71.2 cm³/mol. The fourth-order valence-corrected chi connectivity index (χ4v) is 2.26. The maximum atomic E-state index is 13.6. The lowest BCUT2D eigenvalue weighted by Gasteiger charge is -2.22. The zero-order chi connectivity index (χ0) is 14.6. The van der Waals surface area contributed by atoms with Crippen molar-refractivity contribution in [3.8, 4) is 5.75 Å². The number of methoxy groups -OCH3 is 1. The van der Waals surface area contributed by atoms with Gasteiger partial charge in [0.25, 0.3) is 5.69 Å². The van der Waals surface area contributed by atoms with Crippen LogP contribution in [-0.4, -0.2) is 25.1 Å². The number of hydrogen-bond acceptors (Lipinski definition) is 4. The first-order chi connectivity index (χ1) is 8.96. The molecule has 6 heteroatoms. The molecule has 0 aliphatic rings. The average molecular weight is 270 g/mol. The number of ether oxygens (including phenoxy) is 1. The summed E-state index contributed by atoms with van der Waals surface area (Å²) in [5.41, 5.74) is 0.268. The lowest BCUT2D eigenvalue weighted by Crippen LogP contribution is -2.30. The smallest absolute Gasteiger partial charge is 0.276 e. The highest BCUT2D eigenvalue weighted by atomic mass is 19.1. The van der Waals surface area contributed by atoms with Gasteiger partial charge in [0, 0.05) is 17.5 Å². The molecule has 0 heterocycles. The summed E-state index contributed by atoms with van der Waals surface area (Å²) >= 11 is 0. The zero-order valence-corrected chi connectivity index (χ0v) is 11.6. The van der Waals surface area contributed by atoms with E-state index in [1.165, 1.54) is 13.2 Å². The largest absolute Gasteiger partial charge is 0.494 e. The SMILES string of the molecule is CCC(NC)C(C)c1cc(OC)c(F)cc1[N+](=O)[O-]. The Morgan fingerprint density at radius 1 is 1.53 bits per heavy atom. The van der Waals surface area contributed by atoms with E-state index in [-0.39, 0.29) is 23.4 Å². The summed E-state index contributed by atoms with van der Waals surface area (Å²) in [7, 11) is 3.14.